The third kappa shape index (κ3) is 3.16. The molecule has 1 aliphatic heterocycles. The van der Waals surface area contributed by atoms with Gasteiger partial charge >= 0.3 is 0 Å². The molecule has 1 saturated heterocycles. The third-order valence-electron chi connectivity index (χ3n) is 3.83. The molecule has 1 aromatic rings. The maximum absolute atomic E-state index is 10.8. The summed E-state index contributed by atoms with van der Waals surface area (Å²) >= 11 is 0. The number of aliphatic hydroxyl groups excluding tert-OH is 1. The fourth-order valence-corrected chi connectivity index (χ4v) is 2.97. The first-order valence-electron chi connectivity index (χ1n) is 7.05. The first-order chi connectivity index (χ1) is 9.07. The van der Waals surface area contributed by atoms with Crippen LogP contribution < -0.4 is 0 Å². The van der Waals surface area contributed by atoms with E-state index in [4.69, 9.17) is 9.47 Å². The summed E-state index contributed by atoms with van der Waals surface area (Å²) in [7, 11) is 0. The molecule has 1 unspecified atom stereocenters. The molecule has 19 heavy (non-hydrogen) atoms. The van der Waals surface area contributed by atoms with Crippen LogP contribution in [0, 0.1) is 13.8 Å². The maximum atomic E-state index is 10.8. The predicted molar refractivity (Wildman–Crippen MR) is 75.3 cm³/mol. The smallest absolute Gasteiger partial charge is 0.108 e. The Bertz CT molecular complexity index is 396. The Morgan fingerprint density at radius 2 is 1.79 bits per heavy atom. The molecule has 106 valence electrons. The van der Waals surface area contributed by atoms with Crippen molar-refractivity contribution in [1.82, 2.24) is 0 Å². The molecule has 3 heteroatoms. The normalized spacial score (nSPS) is 20.2. The molecule has 0 aliphatic carbocycles. The summed E-state index contributed by atoms with van der Waals surface area (Å²) in [5.74, 6) is 0. The van der Waals surface area contributed by atoms with Crippen molar-refractivity contribution < 1.29 is 14.6 Å². The zero-order valence-electron chi connectivity index (χ0n) is 12.1. The van der Waals surface area contributed by atoms with Crippen molar-refractivity contribution in [3.05, 3.63) is 34.9 Å². The lowest BCUT2D eigenvalue weighted by atomic mass is 9.83. The average molecular weight is 264 g/mol. The van der Waals surface area contributed by atoms with Crippen molar-refractivity contribution in [2.24, 2.45) is 0 Å². The van der Waals surface area contributed by atoms with Crippen molar-refractivity contribution in [3.8, 4) is 0 Å². The largest absolute Gasteiger partial charge is 0.385 e. The van der Waals surface area contributed by atoms with Gasteiger partial charge in [-0.1, -0.05) is 29.3 Å². The van der Waals surface area contributed by atoms with Gasteiger partial charge in [0.25, 0.3) is 0 Å². The molecule has 0 radical (unpaired) electrons. The number of benzene rings is 1. The second-order valence-corrected chi connectivity index (χ2v) is 5.43. The van der Waals surface area contributed by atoms with Crippen LogP contribution in [0.25, 0.3) is 0 Å². The number of hydrogen-bond acceptors (Lipinski definition) is 3. The second-order valence-electron chi connectivity index (χ2n) is 5.43. The molecule has 1 heterocycles. The lowest BCUT2D eigenvalue weighted by Gasteiger charge is -2.40. The van der Waals surface area contributed by atoms with Crippen LogP contribution in [0.5, 0.6) is 0 Å². The lowest BCUT2D eigenvalue weighted by molar-refractivity contribution is -0.168. The SMILES string of the molecule is CCOC1(C(O)c2cc(C)cc(C)c2)CCOCC1. The summed E-state index contributed by atoms with van der Waals surface area (Å²) < 4.78 is 11.3. The van der Waals surface area contributed by atoms with Gasteiger partial charge in [0, 0.05) is 32.7 Å². The number of aliphatic hydroxyl groups is 1. The molecule has 1 atom stereocenters. The molecule has 1 N–H and O–H groups in total. The summed E-state index contributed by atoms with van der Waals surface area (Å²) in [6.45, 7) is 8.01. The van der Waals surface area contributed by atoms with Gasteiger partial charge in [0.1, 0.15) is 11.7 Å². The zero-order chi connectivity index (χ0) is 13.9. The molecule has 0 amide bonds. The molecular formula is C16H24O3. The highest BCUT2D eigenvalue weighted by Gasteiger charge is 2.41. The lowest BCUT2D eigenvalue weighted by Crippen LogP contribution is -2.44. The highest BCUT2D eigenvalue weighted by molar-refractivity contribution is 5.31. The topological polar surface area (TPSA) is 38.7 Å². The van der Waals surface area contributed by atoms with E-state index in [0.29, 0.717) is 19.8 Å². The molecule has 0 bridgehead atoms. The van der Waals surface area contributed by atoms with Crippen LogP contribution in [0.1, 0.15) is 42.6 Å². The number of hydrogen-bond donors (Lipinski definition) is 1. The second kappa shape index (κ2) is 6.04. The predicted octanol–water partition coefficient (Wildman–Crippen LogP) is 2.92. The maximum Gasteiger partial charge on any atom is 0.108 e. The molecule has 3 nitrogen and oxygen atoms in total. The van der Waals surface area contributed by atoms with E-state index in [2.05, 4.69) is 19.9 Å². The summed E-state index contributed by atoms with van der Waals surface area (Å²) in [5.41, 5.74) is 2.81. The Morgan fingerprint density at radius 3 is 2.32 bits per heavy atom. The Labute approximate surface area is 115 Å². The molecule has 1 aliphatic rings. The van der Waals surface area contributed by atoms with E-state index in [1.165, 1.54) is 11.1 Å². The molecule has 0 aromatic heterocycles. The minimum atomic E-state index is -0.588. The summed E-state index contributed by atoms with van der Waals surface area (Å²) in [6.07, 6.45) is 0.902. The Balaban J connectivity index is 2.30. The van der Waals surface area contributed by atoms with E-state index < -0.39 is 11.7 Å². The van der Waals surface area contributed by atoms with Gasteiger partial charge < -0.3 is 14.6 Å². The minimum Gasteiger partial charge on any atom is -0.385 e. The Morgan fingerprint density at radius 1 is 1.21 bits per heavy atom. The van der Waals surface area contributed by atoms with E-state index in [1.54, 1.807) is 0 Å². The van der Waals surface area contributed by atoms with E-state index in [1.807, 2.05) is 19.1 Å². The first kappa shape index (κ1) is 14.5. The van der Waals surface area contributed by atoms with Gasteiger partial charge in [-0.15, -0.1) is 0 Å². The van der Waals surface area contributed by atoms with Crippen LogP contribution >= 0.6 is 0 Å². The van der Waals surface area contributed by atoms with Gasteiger partial charge in [-0.05, 0) is 26.3 Å². The minimum absolute atomic E-state index is 0.493. The van der Waals surface area contributed by atoms with Crippen LogP contribution in [0.3, 0.4) is 0 Å². The van der Waals surface area contributed by atoms with Gasteiger partial charge in [0.2, 0.25) is 0 Å². The van der Waals surface area contributed by atoms with Crippen LogP contribution in [-0.2, 0) is 9.47 Å². The van der Waals surface area contributed by atoms with Crippen LogP contribution in [0.15, 0.2) is 18.2 Å². The van der Waals surface area contributed by atoms with Gasteiger partial charge in [-0.3, -0.25) is 0 Å². The zero-order valence-corrected chi connectivity index (χ0v) is 12.1. The number of ether oxygens (including phenoxy) is 2. The molecule has 2 rings (SSSR count). The fourth-order valence-electron chi connectivity index (χ4n) is 2.97. The first-order valence-corrected chi connectivity index (χ1v) is 7.05. The number of rotatable bonds is 4. The summed E-state index contributed by atoms with van der Waals surface area (Å²) in [4.78, 5) is 0. The van der Waals surface area contributed by atoms with E-state index in [-0.39, 0.29) is 0 Å². The van der Waals surface area contributed by atoms with Gasteiger partial charge in [0.05, 0.1) is 0 Å². The van der Waals surface area contributed by atoms with E-state index >= 15 is 0 Å². The Kier molecular flexibility index (Phi) is 4.61. The van der Waals surface area contributed by atoms with Crippen molar-refractivity contribution in [2.75, 3.05) is 19.8 Å². The summed E-state index contributed by atoms with van der Waals surface area (Å²) in [5, 5.41) is 10.8. The highest BCUT2D eigenvalue weighted by atomic mass is 16.5. The molecule has 1 aromatic carbocycles. The molecule has 0 saturated carbocycles. The highest BCUT2D eigenvalue weighted by Crippen LogP contribution is 2.38. The van der Waals surface area contributed by atoms with Gasteiger partial charge in [0.15, 0.2) is 0 Å². The summed E-state index contributed by atoms with van der Waals surface area (Å²) in [6, 6.07) is 6.22. The standard InChI is InChI=1S/C16H24O3/c1-4-19-16(5-7-18-8-6-16)15(17)14-10-12(2)9-13(3)11-14/h9-11,15,17H,4-8H2,1-3H3. The average Bonchev–Trinajstić information content (AvgIpc) is 2.38. The van der Waals surface area contributed by atoms with E-state index in [0.717, 1.165) is 18.4 Å². The Hall–Kier alpha value is -0.900. The van der Waals surface area contributed by atoms with Gasteiger partial charge in [-0.2, -0.15) is 0 Å². The quantitative estimate of drug-likeness (QED) is 0.908. The monoisotopic (exact) mass is 264 g/mol. The van der Waals surface area contributed by atoms with Crippen molar-refractivity contribution in [3.63, 3.8) is 0 Å². The van der Waals surface area contributed by atoms with Crippen LogP contribution in [0.2, 0.25) is 0 Å². The molecule has 1 fully saturated rings. The molecule has 0 spiro atoms. The van der Waals surface area contributed by atoms with E-state index in [9.17, 15) is 5.11 Å². The van der Waals surface area contributed by atoms with Crippen molar-refractivity contribution in [1.29, 1.82) is 0 Å². The molecular weight excluding hydrogens is 240 g/mol. The van der Waals surface area contributed by atoms with Gasteiger partial charge in [-0.25, -0.2) is 0 Å². The van der Waals surface area contributed by atoms with Crippen LogP contribution in [0.4, 0.5) is 0 Å². The van der Waals surface area contributed by atoms with Crippen LogP contribution in [-0.4, -0.2) is 30.5 Å². The third-order valence-corrected chi connectivity index (χ3v) is 3.83. The number of aryl methyl sites for hydroxylation is 2. The fraction of sp³-hybridized carbons (Fsp3) is 0.625. The van der Waals surface area contributed by atoms with Crippen molar-refractivity contribution >= 4 is 0 Å². The van der Waals surface area contributed by atoms with Crippen molar-refractivity contribution in [2.45, 2.75) is 45.3 Å².